The molecule has 1 aliphatic heterocycles. The van der Waals surface area contributed by atoms with Crippen molar-refractivity contribution in [1.82, 2.24) is 20.2 Å². The number of aliphatic hydroxyl groups excluding tert-OH is 1. The summed E-state index contributed by atoms with van der Waals surface area (Å²) in [5, 5.41) is 12.3. The molecule has 0 aromatic carbocycles. The summed E-state index contributed by atoms with van der Waals surface area (Å²) in [5.74, 6) is -0.267. The zero-order chi connectivity index (χ0) is 15.1. The van der Waals surface area contributed by atoms with Crippen molar-refractivity contribution in [2.75, 3.05) is 26.2 Å². The lowest BCUT2D eigenvalue weighted by molar-refractivity contribution is 0.0947. The van der Waals surface area contributed by atoms with Crippen LogP contribution in [0.5, 0.6) is 0 Å². The number of amides is 1. The first-order valence-corrected chi connectivity index (χ1v) is 7.68. The molecule has 0 aliphatic carbocycles. The van der Waals surface area contributed by atoms with E-state index in [1.807, 2.05) is 0 Å². The van der Waals surface area contributed by atoms with Gasteiger partial charge in [0.1, 0.15) is 12.0 Å². The summed E-state index contributed by atoms with van der Waals surface area (Å²) in [6.07, 6.45) is 6.85. The van der Waals surface area contributed by atoms with E-state index in [-0.39, 0.29) is 23.2 Å². The van der Waals surface area contributed by atoms with Gasteiger partial charge in [-0.3, -0.25) is 9.69 Å². The van der Waals surface area contributed by atoms with E-state index in [0.717, 1.165) is 38.8 Å². The molecule has 21 heavy (non-hydrogen) atoms. The standard InChI is InChI=1S/C14H21ClN4O2/c15-12-8-16-10-18-13(12)14(21)17-5-1-2-6-19-7-3-4-11(19)9-20/h8,10-11,20H,1-7,9H2,(H,17,21). The molecule has 0 radical (unpaired) electrons. The van der Waals surface area contributed by atoms with Crippen LogP contribution in [-0.2, 0) is 0 Å². The first-order chi connectivity index (χ1) is 10.2. The lowest BCUT2D eigenvalue weighted by Crippen LogP contribution is -2.33. The van der Waals surface area contributed by atoms with Crippen LogP contribution in [0.4, 0.5) is 0 Å². The number of aromatic nitrogens is 2. The van der Waals surface area contributed by atoms with Crippen LogP contribution >= 0.6 is 11.6 Å². The molecule has 7 heteroatoms. The summed E-state index contributed by atoms with van der Waals surface area (Å²) in [5.41, 5.74) is 0.214. The smallest absolute Gasteiger partial charge is 0.271 e. The van der Waals surface area contributed by atoms with Crippen molar-refractivity contribution in [3.05, 3.63) is 23.2 Å². The predicted octanol–water partition coefficient (Wildman–Crippen LogP) is 1.10. The molecule has 1 aromatic heterocycles. The van der Waals surface area contributed by atoms with Gasteiger partial charge in [0.2, 0.25) is 0 Å². The van der Waals surface area contributed by atoms with E-state index in [0.29, 0.717) is 12.6 Å². The predicted molar refractivity (Wildman–Crippen MR) is 80.3 cm³/mol. The SMILES string of the molecule is O=C(NCCCCN1CCCC1CO)c1ncncc1Cl. The van der Waals surface area contributed by atoms with Gasteiger partial charge < -0.3 is 10.4 Å². The molecule has 0 bridgehead atoms. The van der Waals surface area contributed by atoms with E-state index in [2.05, 4.69) is 20.2 Å². The van der Waals surface area contributed by atoms with Crippen LogP contribution in [0.1, 0.15) is 36.2 Å². The summed E-state index contributed by atoms with van der Waals surface area (Å²) in [7, 11) is 0. The van der Waals surface area contributed by atoms with Crippen LogP contribution in [0.15, 0.2) is 12.5 Å². The fourth-order valence-corrected chi connectivity index (χ4v) is 2.79. The fraction of sp³-hybridized carbons (Fsp3) is 0.643. The molecule has 2 rings (SSSR count). The molecule has 1 aromatic rings. The highest BCUT2D eigenvalue weighted by Crippen LogP contribution is 2.16. The number of nitrogens with one attached hydrogen (secondary N) is 1. The number of halogens is 1. The van der Waals surface area contributed by atoms with Gasteiger partial charge in [-0.05, 0) is 38.8 Å². The first-order valence-electron chi connectivity index (χ1n) is 7.31. The Morgan fingerprint density at radius 3 is 3.14 bits per heavy atom. The molecule has 1 atom stereocenters. The first kappa shape index (κ1) is 16.1. The zero-order valence-corrected chi connectivity index (χ0v) is 12.7. The Labute approximate surface area is 129 Å². The average Bonchev–Trinajstić information content (AvgIpc) is 2.94. The number of hydrogen-bond acceptors (Lipinski definition) is 5. The van der Waals surface area contributed by atoms with Gasteiger partial charge in [0.15, 0.2) is 0 Å². The lowest BCUT2D eigenvalue weighted by Gasteiger charge is -2.22. The molecule has 116 valence electrons. The number of carbonyl (C=O) groups is 1. The summed E-state index contributed by atoms with van der Waals surface area (Å²) in [4.78, 5) is 21.8. The monoisotopic (exact) mass is 312 g/mol. The largest absolute Gasteiger partial charge is 0.395 e. The van der Waals surface area contributed by atoms with Crippen LogP contribution in [0.2, 0.25) is 5.02 Å². The normalized spacial score (nSPS) is 18.9. The Balaban J connectivity index is 1.64. The molecular weight excluding hydrogens is 292 g/mol. The maximum atomic E-state index is 11.9. The zero-order valence-electron chi connectivity index (χ0n) is 12.0. The minimum atomic E-state index is -0.267. The van der Waals surface area contributed by atoms with E-state index >= 15 is 0 Å². The summed E-state index contributed by atoms with van der Waals surface area (Å²) in [6, 6.07) is 0.319. The van der Waals surface area contributed by atoms with Crippen molar-refractivity contribution in [2.45, 2.75) is 31.7 Å². The number of nitrogens with zero attached hydrogens (tertiary/aromatic N) is 3. The topological polar surface area (TPSA) is 78.4 Å². The number of rotatable bonds is 7. The highest BCUT2D eigenvalue weighted by molar-refractivity contribution is 6.33. The van der Waals surface area contributed by atoms with Gasteiger partial charge in [-0.25, -0.2) is 9.97 Å². The third-order valence-corrected chi connectivity index (χ3v) is 4.03. The van der Waals surface area contributed by atoms with Gasteiger partial charge in [-0.1, -0.05) is 11.6 Å². The minimum absolute atomic E-state index is 0.214. The molecule has 0 spiro atoms. The van der Waals surface area contributed by atoms with Crippen molar-refractivity contribution in [1.29, 1.82) is 0 Å². The maximum Gasteiger partial charge on any atom is 0.271 e. The van der Waals surface area contributed by atoms with Gasteiger partial charge >= 0.3 is 0 Å². The van der Waals surface area contributed by atoms with Gasteiger partial charge in [-0.2, -0.15) is 0 Å². The number of carbonyl (C=O) groups excluding carboxylic acids is 1. The van der Waals surface area contributed by atoms with Crippen LogP contribution in [0, 0.1) is 0 Å². The Morgan fingerprint density at radius 2 is 2.38 bits per heavy atom. The Hall–Kier alpha value is -1.24. The number of likely N-dealkylation sites (tertiary alicyclic amines) is 1. The van der Waals surface area contributed by atoms with Crippen molar-refractivity contribution in [3.8, 4) is 0 Å². The molecular formula is C14H21ClN4O2. The molecule has 1 saturated heterocycles. The fourth-order valence-electron chi connectivity index (χ4n) is 2.60. The van der Waals surface area contributed by atoms with Crippen molar-refractivity contribution in [2.24, 2.45) is 0 Å². The second kappa shape index (κ2) is 8.26. The van der Waals surface area contributed by atoms with Gasteiger partial charge in [-0.15, -0.1) is 0 Å². The average molecular weight is 313 g/mol. The van der Waals surface area contributed by atoms with E-state index in [1.165, 1.54) is 12.5 Å². The maximum absolute atomic E-state index is 11.9. The van der Waals surface area contributed by atoms with Gasteiger partial charge in [0, 0.05) is 18.8 Å². The molecule has 1 amide bonds. The molecule has 2 N–H and O–H groups in total. The summed E-state index contributed by atoms with van der Waals surface area (Å²) in [6.45, 7) is 2.86. The summed E-state index contributed by atoms with van der Waals surface area (Å²) >= 11 is 5.86. The van der Waals surface area contributed by atoms with Gasteiger partial charge in [0.05, 0.1) is 11.6 Å². The number of unbranched alkanes of at least 4 members (excludes halogenated alkanes) is 1. The third-order valence-electron chi connectivity index (χ3n) is 3.75. The van der Waals surface area contributed by atoms with Crippen LogP contribution in [-0.4, -0.2) is 58.2 Å². The lowest BCUT2D eigenvalue weighted by atomic mass is 10.2. The second-order valence-corrected chi connectivity index (χ2v) is 5.60. The number of aliphatic hydroxyl groups is 1. The van der Waals surface area contributed by atoms with Gasteiger partial charge in [0.25, 0.3) is 5.91 Å². The molecule has 1 aliphatic rings. The molecule has 1 unspecified atom stereocenters. The van der Waals surface area contributed by atoms with Crippen LogP contribution < -0.4 is 5.32 Å². The quantitative estimate of drug-likeness (QED) is 0.737. The summed E-state index contributed by atoms with van der Waals surface area (Å²) < 4.78 is 0. The van der Waals surface area contributed by atoms with Crippen molar-refractivity contribution >= 4 is 17.5 Å². The second-order valence-electron chi connectivity index (χ2n) is 5.20. The highest BCUT2D eigenvalue weighted by Gasteiger charge is 2.22. The minimum Gasteiger partial charge on any atom is -0.395 e. The Morgan fingerprint density at radius 1 is 1.52 bits per heavy atom. The van der Waals surface area contributed by atoms with E-state index in [1.54, 1.807) is 0 Å². The van der Waals surface area contributed by atoms with E-state index in [9.17, 15) is 9.90 Å². The van der Waals surface area contributed by atoms with Crippen LogP contribution in [0.25, 0.3) is 0 Å². The van der Waals surface area contributed by atoms with Crippen LogP contribution in [0.3, 0.4) is 0 Å². The van der Waals surface area contributed by atoms with E-state index < -0.39 is 0 Å². The van der Waals surface area contributed by atoms with Crippen molar-refractivity contribution < 1.29 is 9.90 Å². The third kappa shape index (κ3) is 4.62. The Kier molecular flexibility index (Phi) is 6.35. The molecule has 0 saturated carbocycles. The molecule has 6 nitrogen and oxygen atoms in total. The van der Waals surface area contributed by atoms with E-state index in [4.69, 9.17) is 11.6 Å². The molecule has 1 fully saturated rings. The highest BCUT2D eigenvalue weighted by atomic mass is 35.5. The molecule has 2 heterocycles. The number of hydrogen-bond donors (Lipinski definition) is 2. The Bertz CT molecular complexity index is 472. The van der Waals surface area contributed by atoms with Crippen molar-refractivity contribution in [3.63, 3.8) is 0 Å².